The van der Waals surface area contributed by atoms with Gasteiger partial charge in [0.05, 0.1) is 0 Å². The number of piperazine rings is 1. The molecule has 0 amide bonds. The molecule has 3 rings (SSSR count). The Hall–Kier alpha value is -1.24. The van der Waals surface area contributed by atoms with Gasteiger partial charge in [0.1, 0.15) is 0 Å². The molecule has 6 nitrogen and oxygen atoms in total. The van der Waals surface area contributed by atoms with E-state index in [9.17, 15) is 5.11 Å². The highest BCUT2D eigenvalue weighted by atomic mass is 16.3. The fraction of sp³-hybridized carbons (Fsp3) is 0.778. The van der Waals surface area contributed by atoms with Crippen LogP contribution in [-0.2, 0) is 6.54 Å². The molecule has 2 saturated heterocycles. The highest BCUT2D eigenvalue weighted by Crippen LogP contribution is 2.34. The van der Waals surface area contributed by atoms with E-state index in [1.165, 1.54) is 5.56 Å². The summed E-state index contributed by atoms with van der Waals surface area (Å²) >= 11 is 0. The fourth-order valence-electron chi connectivity index (χ4n) is 3.67. The second-order valence-corrected chi connectivity index (χ2v) is 7.47. The van der Waals surface area contributed by atoms with Gasteiger partial charge in [-0.3, -0.25) is 4.90 Å². The van der Waals surface area contributed by atoms with Gasteiger partial charge in [0.25, 0.3) is 0 Å². The standard InChI is InChI=1S/C18H31N5O/c1-3-18(15-24)4-6-22(7-5-18)14-16-12-19-17(20-13-16)23-10-8-21(2)9-11-23/h12-13,24H,3-11,14-15H2,1-2H3. The van der Waals surface area contributed by atoms with Crippen molar-refractivity contribution in [1.29, 1.82) is 0 Å². The van der Waals surface area contributed by atoms with Crippen molar-refractivity contribution in [3.63, 3.8) is 0 Å². The van der Waals surface area contributed by atoms with Gasteiger partial charge < -0.3 is 14.9 Å². The predicted molar refractivity (Wildman–Crippen MR) is 96.1 cm³/mol. The largest absolute Gasteiger partial charge is 0.396 e. The summed E-state index contributed by atoms with van der Waals surface area (Å²) in [7, 11) is 2.16. The molecule has 2 aliphatic rings. The molecule has 2 aliphatic heterocycles. The van der Waals surface area contributed by atoms with Gasteiger partial charge in [-0.2, -0.15) is 0 Å². The molecule has 1 aromatic heterocycles. The van der Waals surface area contributed by atoms with Crippen molar-refractivity contribution in [3.8, 4) is 0 Å². The number of likely N-dealkylation sites (tertiary alicyclic amines) is 1. The van der Waals surface area contributed by atoms with E-state index in [4.69, 9.17) is 0 Å². The first-order valence-electron chi connectivity index (χ1n) is 9.22. The number of aromatic nitrogens is 2. The van der Waals surface area contributed by atoms with Gasteiger partial charge in [-0.1, -0.05) is 6.92 Å². The van der Waals surface area contributed by atoms with Crippen molar-refractivity contribution >= 4 is 5.95 Å². The molecule has 0 aliphatic carbocycles. The number of anilines is 1. The van der Waals surface area contributed by atoms with E-state index >= 15 is 0 Å². The van der Waals surface area contributed by atoms with Gasteiger partial charge in [-0.05, 0) is 44.8 Å². The topological polar surface area (TPSA) is 55.7 Å². The minimum atomic E-state index is 0.151. The predicted octanol–water partition coefficient (Wildman–Crippen LogP) is 1.21. The average Bonchev–Trinajstić information content (AvgIpc) is 2.64. The Bertz CT molecular complexity index is 499. The fourth-order valence-corrected chi connectivity index (χ4v) is 3.67. The summed E-state index contributed by atoms with van der Waals surface area (Å²) < 4.78 is 0. The molecule has 2 fully saturated rings. The van der Waals surface area contributed by atoms with Crippen LogP contribution in [-0.4, -0.2) is 77.8 Å². The SMILES string of the molecule is CCC1(CO)CCN(Cc2cnc(N3CCN(C)CC3)nc2)CC1. The Morgan fingerprint density at radius 2 is 1.67 bits per heavy atom. The highest BCUT2D eigenvalue weighted by Gasteiger charge is 2.32. The molecule has 0 saturated carbocycles. The summed E-state index contributed by atoms with van der Waals surface area (Å²) in [4.78, 5) is 16.2. The van der Waals surface area contributed by atoms with Crippen molar-refractivity contribution in [2.75, 3.05) is 57.8 Å². The number of likely N-dealkylation sites (N-methyl/N-ethyl adjacent to an activating group) is 1. The lowest BCUT2D eigenvalue weighted by Crippen LogP contribution is -2.45. The molecule has 24 heavy (non-hydrogen) atoms. The van der Waals surface area contributed by atoms with E-state index in [2.05, 4.69) is 38.6 Å². The lowest BCUT2D eigenvalue weighted by atomic mass is 9.77. The van der Waals surface area contributed by atoms with Gasteiger partial charge in [-0.15, -0.1) is 0 Å². The molecular formula is C18H31N5O. The molecule has 0 spiro atoms. The summed E-state index contributed by atoms with van der Waals surface area (Å²) in [6.45, 7) is 9.67. The van der Waals surface area contributed by atoms with Crippen LogP contribution in [0.15, 0.2) is 12.4 Å². The number of nitrogens with zero attached hydrogens (tertiary/aromatic N) is 5. The second kappa shape index (κ2) is 7.76. The van der Waals surface area contributed by atoms with Crippen LogP contribution < -0.4 is 4.90 Å². The second-order valence-electron chi connectivity index (χ2n) is 7.47. The Morgan fingerprint density at radius 3 is 2.21 bits per heavy atom. The molecule has 0 aromatic carbocycles. The molecule has 0 radical (unpaired) electrons. The zero-order valence-corrected chi connectivity index (χ0v) is 15.1. The monoisotopic (exact) mass is 333 g/mol. The minimum Gasteiger partial charge on any atom is -0.396 e. The quantitative estimate of drug-likeness (QED) is 0.874. The van der Waals surface area contributed by atoms with E-state index < -0.39 is 0 Å². The molecular weight excluding hydrogens is 302 g/mol. The molecule has 3 heterocycles. The third-order valence-electron chi connectivity index (χ3n) is 5.89. The molecule has 0 bridgehead atoms. The van der Waals surface area contributed by atoms with Crippen LogP contribution in [0.3, 0.4) is 0 Å². The number of piperidine rings is 1. The van der Waals surface area contributed by atoms with Crippen molar-refractivity contribution in [3.05, 3.63) is 18.0 Å². The number of hydrogen-bond acceptors (Lipinski definition) is 6. The van der Waals surface area contributed by atoms with Gasteiger partial charge in [-0.25, -0.2) is 9.97 Å². The van der Waals surface area contributed by atoms with Gasteiger partial charge in [0, 0.05) is 57.3 Å². The van der Waals surface area contributed by atoms with Crippen LogP contribution in [0.5, 0.6) is 0 Å². The maximum absolute atomic E-state index is 9.64. The third-order valence-corrected chi connectivity index (χ3v) is 5.89. The molecule has 134 valence electrons. The third kappa shape index (κ3) is 4.05. The summed E-state index contributed by atoms with van der Waals surface area (Å²) in [6, 6.07) is 0. The highest BCUT2D eigenvalue weighted by molar-refractivity contribution is 5.30. The van der Waals surface area contributed by atoms with E-state index in [1.807, 2.05) is 12.4 Å². The van der Waals surface area contributed by atoms with Crippen LogP contribution in [0.1, 0.15) is 31.7 Å². The van der Waals surface area contributed by atoms with Gasteiger partial charge >= 0.3 is 0 Å². The van der Waals surface area contributed by atoms with Crippen molar-refractivity contribution in [2.24, 2.45) is 5.41 Å². The lowest BCUT2D eigenvalue weighted by Gasteiger charge is -2.40. The van der Waals surface area contributed by atoms with Gasteiger partial charge in [0.2, 0.25) is 5.95 Å². The Morgan fingerprint density at radius 1 is 1.04 bits per heavy atom. The van der Waals surface area contributed by atoms with Crippen LogP contribution in [0, 0.1) is 5.41 Å². The Labute approximate surface area is 145 Å². The van der Waals surface area contributed by atoms with Crippen LogP contribution in [0.4, 0.5) is 5.95 Å². The van der Waals surface area contributed by atoms with Crippen LogP contribution in [0.2, 0.25) is 0 Å². The van der Waals surface area contributed by atoms with Gasteiger partial charge in [0.15, 0.2) is 0 Å². The smallest absolute Gasteiger partial charge is 0.225 e. The van der Waals surface area contributed by atoms with Crippen LogP contribution >= 0.6 is 0 Å². The maximum atomic E-state index is 9.64. The lowest BCUT2D eigenvalue weighted by molar-refractivity contribution is 0.0382. The summed E-state index contributed by atoms with van der Waals surface area (Å²) in [5, 5.41) is 9.64. The summed E-state index contributed by atoms with van der Waals surface area (Å²) in [6.07, 6.45) is 7.20. The van der Waals surface area contributed by atoms with Crippen LogP contribution in [0.25, 0.3) is 0 Å². The zero-order chi connectivity index (χ0) is 17.0. The first kappa shape index (κ1) is 17.6. The normalized spacial score (nSPS) is 22.7. The van der Waals surface area contributed by atoms with E-state index in [0.29, 0.717) is 6.61 Å². The number of aliphatic hydroxyl groups is 1. The maximum Gasteiger partial charge on any atom is 0.225 e. The van der Waals surface area contributed by atoms with Crippen molar-refractivity contribution in [2.45, 2.75) is 32.7 Å². The summed E-state index contributed by atoms with van der Waals surface area (Å²) in [5.41, 5.74) is 1.33. The minimum absolute atomic E-state index is 0.151. The number of aliphatic hydroxyl groups excluding tert-OH is 1. The van der Waals surface area contributed by atoms with E-state index in [1.54, 1.807) is 0 Å². The Kier molecular flexibility index (Phi) is 5.69. The Balaban J connectivity index is 1.52. The van der Waals surface area contributed by atoms with Crippen molar-refractivity contribution in [1.82, 2.24) is 19.8 Å². The first-order valence-corrected chi connectivity index (χ1v) is 9.22. The average molecular weight is 333 g/mol. The number of rotatable bonds is 5. The number of hydrogen-bond donors (Lipinski definition) is 1. The van der Waals surface area contributed by atoms with E-state index in [-0.39, 0.29) is 5.41 Å². The van der Waals surface area contributed by atoms with Crippen molar-refractivity contribution < 1.29 is 5.11 Å². The van der Waals surface area contributed by atoms with E-state index in [0.717, 1.165) is 71.0 Å². The zero-order valence-electron chi connectivity index (χ0n) is 15.1. The molecule has 0 unspecified atom stereocenters. The molecule has 1 aromatic rings. The first-order chi connectivity index (χ1) is 11.6. The molecule has 6 heteroatoms. The molecule has 0 atom stereocenters. The molecule has 1 N–H and O–H groups in total. The summed E-state index contributed by atoms with van der Waals surface area (Å²) in [5.74, 6) is 0.857.